The van der Waals surface area contributed by atoms with Gasteiger partial charge < -0.3 is 14.7 Å². The fraction of sp³-hybridized carbons (Fsp3) is 0.727. The third-order valence-electron chi connectivity index (χ3n) is 3.24. The molecule has 1 aliphatic heterocycles. The Bertz CT molecular complexity index is 463. The van der Waals surface area contributed by atoms with Crippen LogP contribution in [-0.2, 0) is 20.9 Å². The van der Waals surface area contributed by atoms with Gasteiger partial charge in [-0.2, -0.15) is 0 Å². The molecule has 0 aromatic carbocycles. The van der Waals surface area contributed by atoms with E-state index in [9.17, 15) is 14.7 Å². The lowest BCUT2D eigenvalue weighted by Crippen LogP contribution is -2.48. The molecular weight excluding hydrogens is 266 g/mol. The van der Waals surface area contributed by atoms with E-state index in [1.807, 2.05) is 6.92 Å². The molecule has 0 spiro atoms. The van der Waals surface area contributed by atoms with Crippen LogP contribution in [0, 0.1) is 5.92 Å². The molecule has 1 aromatic heterocycles. The maximum absolute atomic E-state index is 12.3. The van der Waals surface area contributed by atoms with E-state index in [1.54, 1.807) is 4.90 Å². The Morgan fingerprint density at radius 2 is 2.30 bits per heavy atom. The van der Waals surface area contributed by atoms with E-state index in [1.165, 1.54) is 11.0 Å². The van der Waals surface area contributed by atoms with Gasteiger partial charge in [0.2, 0.25) is 5.91 Å². The Morgan fingerprint density at radius 1 is 1.50 bits per heavy atom. The summed E-state index contributed by atoms with van der Waals surface area (Å²) >= 11 is 0. The van der Waals surface area contributed by atoms with E-state index in [2.05, 4.69) is 15.5 Å². The second-order valence-corrected chi connectivity index (χ2v) is 4.64. The van der Waals surface area contributed by atoms with E-state index in [0.29, 0.717) is 6.54 Å². The smallest absolute Gasteiger partial charge is 0.311 e. The first-order valence-electron chi connectivity index (χ1n) is 6.44. The zero-order chi connectivity index (χ0) is 14.5. The van der Waals surface area contributed by atoms with Gasteiger partial charge in [0, 0.05) is 6.54 Å². The molecule has 9 nitrogen and oxygen atoms in total. The van der Waals surface area contributed by atoms with Crippen LogP contribution in [0.1, 0.15) is 13.3 Å². The lowest BCUT2D eigenvalue weighted by Gasteiger charge is -2.30. The van der Waals surface area contributed by atoms with E-state index in [0.717, 1.165) is 6.42 Å². The first-order chi connectivity index (χ1) is 9.63. The lowest BCUT2D eigenvalue weighted by atomic mass is 10.0. The van der Waals surface area contributed by atoms with Gasteiger partial charge in [0.15, 0.2) is 0 Å². The number of hydrogen-bond acceptors (Lipinski definition) is 6. The number of carbonyl (C=O) groups is 2. The van der Waals surface area contributed by atoms with Gasteiger partial charge in [-0.1, -0.05) is 6.92 Å². The average molecular weight is 283 g/mol. The van der Waals surface area contributed by atoms with Crippen LogP contribution in [0.5, 0.6) is 0 Å². The molecule has 110 valence electrons. The summed E-state index contributed by atoms with van der Waals surface area (Å²) in [6.07, 6.45) is 2.09. The Labute approximate surface area is 115 Å². The van der Waals surface area contributed by atoms with Crippen molar-refractivity contribution in [3.05, 3.63) is 6.33 Å². The van der Waals surface area contributed by atoms with Crippen LogP contribution in [-0.4, -0.2) is 67.9 Å². The van der Waals surface area contributed by atoms with Gasteiger partial charge in [-0.15, -0.1) is 5.10 Å². The Kier molecular flexibility index (Phi) is 4.61. The minimum atomic E-state index is -0.941. The molecule has 2 atom stereocenters. The second-order valence-electron chi connectivity index (χ2n) is 4.64. The number of carbonyl (C=O) groups excluding carboxylic acids is 1. The summed E-state index contributed by atoms with van der Waals surface area (Å²) in [5, 5.41) is 19.8. The summed E-state index contributed by atoms with van der Waals surface area (Å²) in [7, 11) is 0. The van der Waals surface area contributed by atoms with Crippen LogP contribution < -0.4 is 0 Å². The fourth-order valence-corrected chi connectivity index (χ4v) is 2.28. The first-order valence-corrected chi connectivity index (χ1v) is 6.44. The molecule has 0 radical (unpaired) electrons. The summed E-state index contributed by atoms with van der Waals surface area (Å²) in [4.78, 5) is 25.1. The zero-order valence-corrected chi connectivity index (χ0v) is 11.2. The van der Waals surface area contributed by atoms with Crippen molar-refractivity contribution in [3.63, 3.8) is 0 Å². The van der Waals surface area contributed by atoms with Gasteiger partial charge in [0.1, 0.15) is 18.8 Å². The third-order valence-corrected chi connectivity index (χ3v) is 3.24. The molecule has 1 aromatic rings. The second kappa shape index (κ2) is 6.42. The number of tetrazole rings is 1. The number of hydrogen-bond donors (Lipinski definition) is 1. The summed E-state index contributed by atoms with van der Waals surface area (Å²) in [5.74, 6) is -1.83. The molecule has 2 heterocycles. The van der Waals surface area contributed by atoms with Gasteiger partial charge in [-0.3, -0.25) is 9.59 Å². The van der Waals surface area contributed by atoms with Crippen LogP contribution in [0.4, 0.5) is 0 Å². The average Bonchev–Trinajstić information content (AvgIpc) is 3.06. The molecule has 0 bridgehead atoms. The summed E-state index contributed by atoms with van der Waals surface area (Å²) in [6, 6.07) is -0.434. The van der Waals surface area contributed by atoms with E-state index >= 15 is 0 Å². The highest BCUT2D eigenvalue weighted by Crippen LogP contribution is 2.21. The van der Waals surface area contributed by atoms with Crippen LogP contribution >= 0.6 is 0 Å². The fourth-order valence-electron chi connectivity index (χ4n) is 2.28. The predicted molar refractivity (Wildman–Crippen MR) is 65.6 cm³/mol. The highest BCUT2D eigenvalue weighted by molar-refractivity contribution is 5.78. The quantitative estimate of drug-likeness (QED) is 0.713. The summed E-state index contributed by atoms with van der Waals surface area (Å²) < 4.78 is 6.54. The number of carboxylic acid groups (broad SMARTS) is 1. The minimum absolute atomic E-state index is 0.00413. The van der Waals surface area contributed by atoms with Crippen LogP contribution in [0.25, 0.3) is 0 Å². The monoisotopic (exact) mass is 283 g/mol. The molecular formula is C11H17N5O4. The van der Waals surface area contributed by atoms with Crippen LogP contribution in [0.15, 0.2) is 6.33 Å². The topological polar surface area (TPSA) is 110 Å². The molecule has 20 heavy (non-hydrogen) atoms. The van der Waals surface area contributed by atoms with Crippen LogP contribution in [0.2, 0.25) is 0 Å². The van der Waals surface area contributed by atoms with Gasteiger partial charge >= 0.3 is 5.97 Å². The summed E-state index contributed by atoms with van der Waals surface area (Å²) in [6.45, 7) is 2.80. The highest BCUT2D eigenvalue weighted by Gasteiger charge is 2.39. The van der Waals surface area contributed by atoms with Crippen molar-refractivity contribution < 1.29 is 19.4 Å². The first kappa shape index (κ1) is 14.4. The SMILES string of the molecule is CCCN(C(=O)Cn1cnnn1)C1COCC1C(=O)O. The molecule has 1 amide bonds. The van der Waals surface area contributed by atoms with Crippen molar-refractivity contribution in [2.45, 2.75) is 25.9 Å². The maximum atomic E-state index is 12.3. The highest BCUT2D eigenvalue weighted by atomic mass is 16.5. The van der Waals surface area contributed by atoms with E-state index in [-0.39, 0.29) is 25.7 Å². The summed E-state index contributed by atoms with van der Waals surface area (Å²) in [5.41, 5.74) is 0. The number of rotatable bonds is 6. The Balaban J connectivity index is 2.09. The number of aromatic nitrogens is 4. The molecule has 0 aliphatic carbocycles. The maximum Gasteiger partial charge on any atom is 0.311 e. The van der Waals surface area contributed by atoms with Crippen molar-refractivity contribution in [2.24, 2.45) is 5.92 Å². The predicted octanol–water partition coefficient (Wildman–Crippen LogP) is -0.989. The molecule has 0 saturated carbocycles. The minimum Gasteiger partial charge on any atom is -0.481 e. The molecule has 2 unspecified atom stereocenters. The van der Waals surface area contributed by atoms with Crippen LogP contribution in [0.3, 0.4) is 0 Å². The van der Waals surface area contributed by atoms with Crippen molar-refractivity contribution in [3.8, 4) is 0 Å². The van der Waals surface area contributed by atoms with E-state index in [4.69, 9.17) is 4.74 Å². The molecule has 1 aliphatic rings. The van der Waals surface area contributed by atoms with Crippen molar-refractivity contribution in [1.82, 2.24) is 25.1 Å². The number of ether oxygens (including phenoxy) is 1. The molecule has 1 saturated heterocycles. The van der Waals surface area contributed by atoms with Gasteiger partial charge in [-0.25, -0.2) is 4.68 Å². The Morgan fingerprint density at radius 3 is 2.90 bits per heavy atom. The van der Waals surface area contributed by atoms with Gasteiger partial charge in [-0.05, 0) is 16.8 Å². The largest absolute Gasteiger partial charge is 0.481 e. The van der Waals surface area contributed by atoms with Crippen molar-refractivity contribution in [1.29, 1.82) is 0 Å². The third kappa shape index (κ3) is 3.10. The molecule has 2 rings (SSSR count). The molecule has 1 fully saturated rings. The number of nitrogens with zero attached hydrogens (tertiary/aromatic N) is 5. The van der Waals surface area contributed by atoms with Crippen molar-refractivity contribution >= 4 is 11.9 Å². The van der Waals surface area contributed by atoms with Crippen molar-refractivity contribution in [2.75, 3.05) is 19.8 Å². The van der Waals surface area contributed by atoms with E-state index < -0.39 is 17.9 Å². The molecule has 9 heteroatoms. The molecule has 1 N–H and O–H groups in total. The van der Waals surface area contributed by atoms with Gasteiger partial charge in [0.25, 0.3) is 0 Å². The zero-order valence-electron chi connectivity index (χ0n) is 11.2. The Hall–Kier alpha value is -2.03. The standard InChI is InChI=1S/C11H17N5O4/c1-2-3-16(9-6-20-5-8(9)11(18)19)10(17)4-15-7-12-13-14-15/h7-9H,2-6H2,1H3,(H,18,19). The number of aliphatic carboxylic acids is 1. The number of amides is 1. The normalized spacial score (nSPS) is 21.9. The number of carboxylic acids is 1. The van der Waals surface area contributed by atoms with Gasteiger partial charge in [0.05, 0.1) is 19.3 Å². The lowest BCUT2D eigenvalue weighted by molar-refractivity contribution is -0.145.